The summed E-state index contributed by atoms with van der Waals surface area (Å²) >= 11 is 0. The number of H-pyrrole nitrogens is 1. The first-order valence-corrected chi connectivity index (χ1v) is 8.52. The number of aryl methyl sites for hydroxylation is 2. The van der Waals surface area contributed by atoms with Crippen LogP contribution in [0.2, 0.25) is 0 Å². The molecule has 6 heteroatoms. The SMILES string of the molecule is O=C(O)[C@@H]1CN(C(=O)c2ccc3[nH]c4c(c3c2)CCCC4)CCN1. The summed E-state index contributed by atoms with van der Waals surface area (Å²) in [5.74, 6) is -1.00. The van der Waals surface area contributed by atoms with Crippen LogP contribution in [0.25, 0.3) is 10.9 Å². The molecule has 0 radical (unpaired) electrons. The summed E-state index contributed by atoms with van der Waals surface area (Å²) in [7, 11) is 0. The summed E-state index contributed by atoms with van der Waals surface area (Å²) < 4.78 is 0. The molecule has 1 aromatic carbocycles. The average molecular weight is 327 g/mol. The topological polar surface area (TPSA) is 85.4 Å². The maximum atomic E-state index is 12.8. The van der Waals surface area contributed by atoms with Crippen molar-refractivity contribution in [3.63, 3.8) is 0 Å². The molecular weight excluding hydrogens is 306 g/mol. The lowest BCUT2D eigenvalue weighted by Crippen LogP contribution is -2.55. The van der Waals surface area contributed by atoms with Gasteiger partial charge in [0.1, 0.15) is 6.04 Å². The number of carboxylic acids is 1. The van der Waals surface area contributed by atoms with Crippen molar-refractivity contribution in [3.8, 4) is 0 Å². The smallest absolute Gasteiger partial charge is 0.322 e. The fraction of sp³-hybridized carbons (Fsp3) is 0.444. The van der Waals surface area contributed by atoms with Gasteiger partial charge in [-0.2, -0.15) is 0 Å². The minimum absolute atomic E-state index is 0.0876. The van der Waals surface area contributed by atoms with Gasteiger partial charge in [0.2, 0.25) is 0 Å². The zero-order valence-electron chi connectivity index (χ0n) is 13.5. The van der Waals surface area contributed by atoms with Crippen LogP contribution in [-0.4, -0.2) is 52.5 Å². The van der Waals surface area contributed by atoms with E-state index in [1.54, 1.807) is 4.90 Å². The molecule has 1 aliphatic heterocycles. The molecule has 126 valence electrons. The lowest BCUT2D eigenvalue weighted by Gasteiger charge is -2.31. The average Bonchev–Trinajstić information content (AvgIpc) is 2.99. The molecule has 1 aromatic heterocycles. The largest absolute Gasteiger partial charge is 0.480 e. The number of carbonyl (C=O) groups is 2. The number of amides is 1. The molecule has 0 saturated carbocycles. The van der Waals surface area contributed by atoms with E-state index < -0.39 is 12.0 Å². The number of hydrogen-bond acceptors (Lipinski definition) is 3. The first kappa shape index (κ1) is 15.2. The van der Waals surface area contributed by atoms with Crippen molar-refractivity contribution in [3.05, 3.63) is 35.0 Å². The van der Waals surface area contributed by atoms with Gasteiger partial charge in [-0.25, -0.2) is 0 Å². The Bertz CT molecular complexity index is 811. The van der Waals surface area contributed by atoms with Crippen LogP contribution >= 0.6 is 0 Å². The lowest BCUT2D eigenvalue weighted by atomic mass is 9.95. The highest BCUT2D eigenvalue weighted by atomic mass is 16.4. The first-order valence-electron chi connectivity index (χ1n) is 8.52. The van der Waals surface area contributed by atoms with Crippen LogP contribution in [0.3, 0.4) is 0 Å². The standard InChI is InChI=1S/C18H21N3O3/c22-17(21-8-7-19-16(10-21)18(23)24)11-5-6-15-13(9-11)12-3-1-2-4-14(12)20-15/h5-6,9,16,19-20H,1-4,7-8,10H2,(H,23,24)/t16-/m0/s1. The Kier molecular flexibility index (Phi) is 3.76. The van der Waals surface area contributed by atoms with Crippen LogP contribution in [0.1, 0.15) is 34.5 Å². The fourth-order valence-electron chi connectivity index (χ4n) is 3.82. The highest BCUT2D eigenvalue weighted by Gasteiger charge is 2.28. The number of carbonyl (C=O) groups excluding carboxylic acids is 1. The van der Waals surface area contributed by atoms with E-state index in [2.05, 4.69) is 10.3 Å². The third-order valence-electron chi connectivity index (χ3n) is 5.11. The minimum Gasteiger partial charge on any atom is -0.480 e. The maximum absolute atomic E-state index is 12.8. The third kappa shape index (κ3) is 2.57. The molecular formula is C18H21N3O3. The van der Waals surface area contributed by atoms with E-state index in [0.717, 1.165) is 23.7 Å². The number of rotatable bonds is 2. The van der Waals surface area contributed by atoms with Crippen molar-refractivity contribution in [1.82, 2.24) is 15.2 Å². The van der Waals surface area contributed by atoms with Gasteiger partial charge in [0.25, 0.3) is 5.91 Å². The van der Waals surface area contributed by atoms with Crippen molar-refractivity contribution in [2.75, 3.05) is 19.6 Å². The highest BCUT2D eigenvalue weighted by molar-refractivity contribution is 5.99. The number of piperazine rings is 1. The molecule has 2 aliphatic rings. The zero-order chi connectivity index (χ0) is 16.7. The van der Waals surface area contributed by atoms with Gasteiger partial charge < -0.3 is 20.3 Å². The van der Waals surface area contributed by atoms with Crippen molar-refractivity contribution < 1.29 is 14.7 Å². The number of aromatic amines is 1. The molecule has 0 spiro atoms. The summed E-state index contributed by atoms with van der Waals surface area (Å²) in [6.07, 6.45) is 4.53. The molecule has 1 aliphatic carbocycles. The van der Waals surface area contributed by atoms with Crippen molar-refractivity contribution in [1.29, 1.82) is 0 Å². The Balaban J connectivity index is 1.63. The first-order chi connectivity index (χ1) is 11.6. The van der Waals surface area contributed by atoms with Gasteiger partial charge in [0, 0.05) is 41.8 Å². The third-order valence-corrected chi connectivity index (χ3v) is 5.11. The van der Waals surface area contributed by atoms with Gasteiger partial charge in [-0.15, -0.1) is 0 Å². The summed E-state index contributed by atoms with van der Waals surface area (Å²) in [4.78, 5) is 29.1. The maximum Gasteiger partial charge on any atom is 0.322 e. The number of nitrogens with zero attached hydrogens (tertiary/aromatic N) is 1. The highest BCUT2D eigenvalue weighted by Crippen LogP contribution is 2.30. The number of benzene rings is 1. The van der Waals surface area contributed by atoms with Crippen LogP contribution in [0.15, 0.2) is 18.2 Å². The Morgan fingerprint density at radius 2 is 2.04 bits per heavy atom. The van der Waals surface area contributed by atoms with Gasteiger partial charge in [-0.3, -0.25) is 9.59 Å². The van der Waals surface area contributed by atoms with E-state index in [1.165, 1.54) is 24.1 Å². The van der Waals surface area contributed by atoms with Crippen LogP contribution in [0.5, 0.6) is 0 Å². The number of carboxylic acid groups (broad SMARTS) is 1. The summed E-state index contributed by atoms with van der Waals surface area (Å²) in [6.45, 7) is 1.24. The van der Waals surface area contributed by atoms with E-state index in [0.29, 0.717) is 18.7 Å². The monoisotopic (exact) mass is 327 g/mol. The van der Waals surface area contributed by atoms with E-state index >= 15 is 0 Å². The molecule has 2 aromatic rings. The Morgan fingerprint density at radius 1 is 1.21 bits per heavy atom. The fourth-order valence-corrected chi connectivity index (χ4v) is 3.82. The van der Waals surface area contributed by atoms with Crippen molar-refractivity contribution in [2.24, 2.45) is 0 Å². The molecule has 4 rings (SSSR count). The summed E-state index contributed by atoms with van der Waals surface area (Å²) in [5, 5.41) is 13.2. The van der Waals surface area contributed by atoms with E-state index in [1.807, 2.05) is 18.2 Å². The predicted octanol–water partition coefficient (Wildman–Crippen LogP) is 1.55. The quantitative estimate of drug-likeness (QED) is 0.781. The van der Waals surface area contributed by atoms with E-state index in [4.69, 9.17) is 5.11 Å². The molecule has 0 unspecified atom stereocenters. The van der Waals surface area contributed by atoms with Gasteiger partial charge in [0.15, 0.2) is 0 Å². The van der Waals surface area contributed by atoms with Crippen molar-refractivity contribution in [2.45, 2.75) is 31.7 Å². The molecule has 1 fully saturated rings. The van der Waals surface area contributed by atoms with Crippen LogP contribution in [0, 0.1) is 0 Å². The van der Waals surface area contributed by atoms with Gasteiger partial charge in [-0.05, 0) is 49.4 Å². The summed E-state index contributed by atoms with van der Waals surface area (Å²) in [5.41, 5.74) is 4.37. The van der Waals surface area contributed by atoms with Gasteiger partial charge in [-0.1, -0.05) is 0 Å². The van der Waals surface area contributed by atoms with Gasteiger partial charge >= 0.3 is 5.97 Å². The summed E-state index contributed by atoms with van der Waals surface area (Å²) in [6, 6.07) is 5.09. The zero-order valence-corrected chi connectivity index (χ0v) is 13.5. The second kappa shape index (κ2) is 5.94. The lowest BCUT2D eigenvalue weighted by molar-refractivity contribution is -0.140. The van der Waals surface area contributed by atoms with Crippen LogP contribution in [-0.2, 0) is 17.6 Å². The normalized spacial score (nSPS) is 20.8. The van der Waals surface area contributed by atoms with E-state index in [9.17, 15) is 9.59 Å². The molecule has 6 nitrogen and oxygen atoms in total. The molecule has 2 heterocycles. The molecule has 1 saturated heterocycles. The number of fused-ring (bicyclic) bond motifs is 3. The molecule has 24 heavy (non-hydrogen) atoms. The molecule has 3 N–H and O–H groups in total. The second-order valence-corrected chi connectivity index (χ2v) is 6.65. The minimum atomic E-state index is -0.914. The number of aromatic nitrogens is 1. The Hall–Kier alpha value is -2.34. The van der Waals surface area contributed by atoms with Gasteiger partial charge in [0.05, 0.1) is 0 Å². The molecule has 1 amide bonds. The number of aliphatic carboxylic acids is 1. The number of nitrogens with one attached hydrogen (secondary N) is 2. The predicted molar refractivity (Wildman–Crippen MR) is 90.3 cm³/mol. The van der Waals surface area contributed by atoms with Crippen LogP contribution < -0.4 is 5.32 Å². The van der Waals surface area contributed by atoms with Crippen molar-refractivity contribution >= 4 is 22.8 Å². The Labute approximate surface area is 139 Å². The second-order valence-electron chi connectivity index (χ2n) is 6.65. The van der Waals surface area contributed by atoms with Crippen LogP contribution in [0.4, 0.5) is 0 Å². The Morgan fingerprint density at radius 3 is 2.88 bits per heavy atom. The molecule has 1 atom stereocenters. The van der Waals surface area contributed by atoms with E-state index in [-0.39, 0.29) is 12.5 Å². The number of hydrogen-bond donors (Lipinski definition) is 3. The molecule has 0 bridgehead atoms.